The third-order valence-corrected chi connectivity index (χ3v) is 2.71. The van der Waals surface area contributed by atoms with Gasteiger partial charge in [-0.1, -0.05) is 0 Å². The maximum atomic E-state index is 13.3. The van der Waals surface area contributed by atoms with Crippen molar-refractivity contribution < 1.29 is 22.4 Å². The molecule has 0 unspecified atom stereocenters. The molecule has 3 nitrogen and oxygen atoms in total. The maximum absolute atomic E-state index is 13.3. The third-order valence-electron chi connectivity index (χ3n) is 2.29. The van der Waals surface area contributed by atoms with Crippen LogP contribution >= 0.6 is 15.9 Å². The average molecular weight is 346 g/mol. The Bertz CT molecular complexity index is 682. The third kappa shape index (κ3) is 3.30. The van der Waals surface area contributed by atoms with E-state index in [1.807, 2.05) is 0 Å². The fraction of sp³-hybridized carbons (Fsp3) is 0. The Kier molecular flexibility index (Phi) is 4.29. The first-order valence-corrected chi connectivity index (χ1v) is 6.14. The molecule has 20 heavy (non-hydrogen) atoms. The number of hydrogen-bond acceptors (Lipinski definition) is 2. The molecule has 0 aliphatic heterocycles. The molecule has 1 N–H and O–H groups in total. The summed E-state index contributed by atoms with van der Waals surface area (Å²) >= 11 is 3.09. The van der Waals surface area contributed by atoms with Gasteiger partial charge in [-0.25, -0.2) is 13.2 Å². The van der Waals surface area contributed by atoms with Crippen molar-refractivity contribution in [1.82, 2.24) is 0 Å². The van der Waals surface area contributed by atoms with Gasteiger partial charge in [0, 0.05) is 6.08 Å². The number of hydrogen-bond donors (Lipinski definition) is 1. The van der Waals surface area contributed by atoms with Gasteiger partial charge in [-0.3, -0.25) is 4.79 Å². The van der Waals surface area contributed by atoms with Crippen LogP contribution in [0.4, 0.5) is 18.9 Å². The molecule has 1 aromatic carbocycles. The fourth-order valence-corrected chi connectivity index (χ4v) is 1.69. The molecule has 0 atom stereocenters. The minimum atomic E-state index is -1.64. The van der Waals surface area contributed by atoms with Crippen LogP contribution in [-0.2, 0) is 4.79 Å². The van der Waals surface area contributed by atoms with E-state index in [-0.39, 0.29) is 0 Å². The number of halogens is 4. The Hall–Kier alpha value is -2.02. The number of rotatable bonds is 3. The Morgan fingerprint density at radius 3 is 2.55 bits per heavy atom. The van der Waals surface area contributed by atoms with E-state index in [1.54, 1.807) is 12.1 Å². The molecule has 1 heterocycles. The largest absolute Gasteiger partial charge is 0.450 e. The van der Waals surface area contributed by atoms with E-state index >= 15 is 0 Å². The molecular formula is C13H7BrF3NO2. The Morgan fingerprint density at radius 2 is 1.90 bits per heavy atom. The van der Waals surface area contributed by atoms with Gasteiger partial charge >= 0.3 is 0 Å². The summed E-state index contributed by atoms with van der Waals surface area (Å²) in [5.41, 5.74) is -0.445. The molecule has 1 amide bonds. The SMILES string of the molecule is O=C(C=Cc1ccc(Br)o1)Nc1ccc(F)c(F)c1F. The van der Waals surface area contributed by atoms with Crippen molar-refractivity contribution in [3.63, 3.8) is 0 Å². The number of amides is 1. The number of nitrogens with one attached hydrogen (secondary N) is 1. The number of anilines is 1. The molecule has 0 fully saturated rings. The first kappa shape index (κ1) is 14.4. The van der Waals surface area contributed by atoms with Gasteiger partial charge < -0.3 is 9.73 Å². The molecule has 0 bridgehead atoms. The molecule has 2 rings (SSSR count). The molecule has 0 spiro atoms. The second-order valence-corrected chi connectivity index (χ2v) is 4.47. The molecule has 0 saturated heterocycles. The lowest BCUT2D eigenvalue weighted by Crippen LogP contribution is -2.10. The van der Waals surface area contributed by atoms with Gasteiger partial charge in [-0.2, -0.15) is 0 Å². The molecular weight excluding hydrogens is 339 g/mol. The van der Waals surface area contributed by atoms with Crippen LogP contribution in [0.5, 0.6) is 0 Å². The number of benzene rings is 1. The smallest absolute Gasteiger partial charge is 0.248 e. The van der Waals surface area contributed by atoms with Gasteiger partial charge in [0.1, 0.15) is 5.76 Å². The number of carbonyl (C=O) groups excluding carboxylic acids is 1. The van der Waals surface area contributed by atoms with Crippen molar-refractivity contribution in [3.05, 3.63) is 58.2 Å². The van der Waals surface area contributed by atoms with Crippen LogP contribution in [0, 0.1) is 17.5 Å². The zero-order chi connectivity index (χ0) is 14.7. The first-order chi connectivity index (χ1) is 9.47. The molecule has 104 valence electrons. The Labute approximate surface area is 120 Å². The first-order valence-electron chi connectivity index (χ1n) is 5.35. The van der Waals surface area contributed by atoms with Crippen molar-refractivity contribution in [3.8, 4) is 0 Å². The Balaban J connectivity index is 2.09. The molecule has 0 aliphatic rings. The summed E-state index contributed by atoms with van der Waals surface area (Å²) in [6, 6.07) is 4.89. The van der Waals surface area contributed by atoms with Gasteiger partial charge in [-0.05, 0) is 46.3 Å². The molecule has 2 aromatic rings. The standard InChI is InChI=1S/C13H7BrF3NO2/c14-10-5-1-7(20-10)2-6-11(19)18-9-4-3-8(15)12(16)13(9)17/h1-6H,(H,18,19). The highest BCUT2D eigenvalue weighted by molar-refractivity contribution is 9.10. The van der Waals surface area contributed by atoms with Crippen LogP contribution in [-0.4, -0.2) is 5.91 Å². The second kappa shape index (κ2) is 5.96. The van der Waals surface area contributed by atoms with Crippen molar-refractivity contribution in [1.29, 1.82) is 0 Å². The van der Waals surface area contributed by atoms with Crippen molar-refractivity contribution in [2.75, 3.05) is 5.32 Å². The molecule has 0 saturated carbocycles. The topological polar surface area (TPSA) is 42.2 Å². The second-order valence-electron chi connectivity index (χ2n) is 3.69. The minimum Gasteiger partial charge on any atom is -0.450 e. The van der Waals surface area contributed by atoms with E-state index in [0.29, 0.717) is 10.4 Å². The summed E-state index contributed by atoms with van der Waals surface area (Å²) in [6.45, 7) is 0. The predicted molar refractivity (Wildman–Crippen MR) is 70.4 cm³/mol. The van der Waals surface area contributed by atoms with Gasteiger partial charge in [-0.15, -0.1) is 0 Å². The highest BCUT2D eigenvalue weighted by Crippen LogP contribution is 2.20. The summed E-state index contributed by atoms with van der Waals surface area (Å²) in [6.07, 6.45) is 2.42. The van der Waals surface area contributed by atoms with Crippen LogP contribution in [0.25, 0.3) is 6.08 Å². The average Bonchev–Trinajstić information content (AvgIpc) is 2.83. The molecule has 7 heteroatoms. The lowest BCUT2D eigenvalue weighted by molar-refractivity contribution is -0.111. The minimum absolute atomic E-state index is 0.401. The quantitative estimate of drug-likeness (QED) is 0.671. The van der Waals surface area contributed by atoms with Gasteiger partial charge in [0.05, 0.1) is 5.69 Å². The maximum Gasteiger partial charge on any atom is 0.248 e. The summed E-state index contributed by atoms with van der Waals surface area (Å²) in [4.78, 5) is 11.5. The normalized spacial score (nSPS) is 11.0. The summed E-state index contributed by atoms with van der Waals surface area (Å²) in [7, 11) is 0. The van der Waals surface area contributed by atoms with Gasteiger partial charge in [0.2, 0.25) is 5.91 Å². The van der Waals surface area contributed by atoms with Crippen LogP contribution in [0.1, 0.15) is 5.76 Å². The van der Waals surface area contributed by atoms with Crippen molar-refractivity contribution >= 4 is 33.6 Å². The lowest BCUT2D eigenvalue weighted by atomic mass is 10.2. The van der Waals surface area contributed by atoms with Crippen molar-refractivity contribution in [2.45, 2.75) is 0 Å². The van der Waals surface area contributed by atoms with E-state index < -0.39 is 29.0 Å². The van der Waals surface area contributed by atoms with E-state index in [2.05, 4.69) is 21.2 Å². The molecule has 1 aromatic heterocycles. The predicted octanol–water partition coefficient (Wildman–Crippen LogP) is 4.11. The van der Waals surface area contributed by atoms with Crippen LogP contribution < -0.4 is 5.32 Å². The lowest BCUT2D eigenvalue weighted by Gasteiger charge is -2.04. The van der Waals surface area contributed by atoms with Crippen molar-refractivity contribution in [2.24, 2.45) is 0 Å². The van der Waals surface area contributed by atoms with Crippen LogP contribution in [0.15, 0.2) is 39.4 Å². The zero-order valence-corrected chi connectivity index (χ0v) is 11.4. The van der Waals surface area contributed by atoms with E-state index in [0.717, 1.165) is 18.2 Å². The summed E-state index contributed by atoms with van der Waals surface area (Å²) < 4.78 is 44.6. The highest BCUT2D eigenvalue weighted by atomic mass is 79.9. The Morgan fingerprint density at radius 1 is 1.15 bits per heavy atom. The zero-order valence-electron chi connectivity index (χ0n) is 9.79. The van der Waals surface area contributed by atoms with E-state index in [4.69, 9.17) is 4.42 Å². The van der Waals surface area contributed by atoms with Gasteiger partial charge in [0.25, 0.3) is 0 Å². The van der Waals surface area contributed by atoms with E-state index in [9.17, 15) is 18.0 Å². The fourth-order valence-electron chi connectivity index (χ4n) is 1.37. The summed E-state index contributed by atoms with van der Waals surface area (Å²) in [5.74, 6) is -4.72. The highest BCUT2D eigenvalue weighted by Gasteiger charge is 2.14. The molecule has 0 radical (unpaired) electrons. The number of furan rings is 1. The van der Waals surface area contributed by atoms with Crippen LogP contribution in [0.2, 0.25) is 0 Å². The monoisotopic (exact) mass is 345 g/mol. The van der Waals surface area contributed by atoms with Gasteiger partial charge in [0.15, 0.2) is 22.1 Å². The summed E-state index contributed by atoms with van der Waals surface area (Å²) in [5, 5.41) is 2.09. The molecule has 0 aliphatic carbocycles. The number of carbonyl (C=O) groups is 1. The van der Waals surface area contributed by atoms with E-state index in [1.165, 1.54) is 6.08 Å². The van der Waals surface area contributed by atoms with Crippen LogP contribution in [0.3, 0.4) is 0 Å².